The Balaban J connectivity index is 2.38. The van der Waals surface area contributed by atoms with Crippen LogP contribution in [0.15, 0.2) is 42.5 Å². The van der Waals surface area contributed by atoms with Gasteiger partial charge in [0, 0.05) is 6.07 Å². The molecule has 0 saturated carbocycles. The molecule has 3 N–H and O–H groups in total. The van der Waals surface area contributed by atoms with Gasteiger partial charge in [0.1, 0.15) is 17.2 Å². The largest absolute Gasteiger partial charge is 0.511 e. The Bertz CT molecular complexity index is 746. The Kier molecular flexibility index (Phi) is 4.85. The van der Waals surface area contributed by atoms with Crippen molar-refractivity contribution in [2.24, 2.45) is 0 Å². The van der Waals surface area contributed by atoms with Crippen molar-refractivity contribution in [2.45, 2.75) is 0 Å². The molecule has 24 heavy (non-hydrogen) atoms. The van der Waals surface area contributed by atoms with Crippen LogP contribution < -0.4 is 14.2 Å². The lowest BCUT2D eigenvalue weighted by molar-refractivity contribution is 0.141. The Morgan fingerprint density at radius 3 is 1.42 bits per heavy atom. The summed E-state index contributed by atoms with van der Waals surface area (Å²) in [5.41, 5.74) is 0.922. The fourth-order valence-corrected chi connectivity index (χ4v) is 1.87. The van der Waals surface area contributed by atoms with Crippen molar-refractivity contribution in [3.63, 3.8) is 0 Å². The van der Waals surface area contributed by atoms with Gasteiger partial charge in [-0.3, -0.25) is 0 Å². The zero-order valence-electron chi connectivity index (χ0n) is 11.8. The number of benzene rings is 2. The van der Waals surface area contributed by atoms with E-state index in [2.05, 4.69) is 14.2 Å². The van der Waals surface area contributed by atoms with E-state index in [0.717, 1.165) is 6.07 Å². The lowest BCUT2D eigenvalue weighted by Crippen LogP contribution is -2.06. The zero-order chi connectivity index (χ0) is 17.7. The first-order valence-electron chi connectivity index (χ1n) is 6.31. The molecule has 0 fully saturated rings. The number of carbonyl (C=O) groups is 3. The van der Waals surface area contributed by atoms with Crippen LogP contribution in [0, 0.1) is 0 Å². The summed E-state index contributed by atoms with van der Waals surface area (Å²) in [6, 6.07) is 9.59. The lowest BCUT2D eigenvalue weighted by Gasteiger charge is -2.09. The van der Waals surface area contributed by atoms with Gasteiger partial charge in [-0.25, -0.2) is 14.4 Å². The van der Waals surface area contributed by atoms with Crippen LogP contribution in [0.1, 0.15) is 0 Å². The van der Waals surface area contributed by atoms with Crippen LogP contribution in [0.4, 0.5) is 14.4 Å². The molecule has 0 saturated heterocycles. The van der Waals surface area contributed by atoms with E-state index in [1.807, 2.05) is 0 Å². The first-order valence-corrected chi connectivity index (χ1v) is 6.31. The molecule has 0 unspecified atom stereocenters. The predicted molar refractivity (Wildman–Crippen MR) is 77.8 cm³/mol. The third-order valence-corrected chi connectivity index (χ3v) is 2.68. The number of ether oxygens (including phenoxy) is 3. The van der Waals surface area contributed by atoms with E-state index in [4.69, 9.17) is 15.3 Å². The average Bonchev–Trinajstić information content (AvgIpc) is 2.45. The summed E-state index contributed by atoms with van der Waals surface area (Å²) >= 11 is 0. The van der Waals surface area contributed by atoms with Crippen LogP contribution in [0.2, 0.25) is 0 Å². The second kappa shape index (κ2) is 7.01. The van der Waals surface area contributed by atoms with Gasteiger partial charge in [-0.05, 0) is 35.4 Å². The monoisotopic (exact) mass is 334 g/mol. The van der Waals surface area contributed by atoms with Gasteiger partial charge < -0.3 is 29.5 Å². The van der Waals surface area contributed by atoms with E-state index in [9.17, 15) is 14.4 Å². The second-order valence-electron chi connectivity index (χ2n) is 4.32. The van der Waals surface area contributed by atoms with E-state index in [0.29, 0.717) is 11.1 Å². The van der Waals surface area contributed by atoms with Crippen LogP contribution in [0.5, 0.6) is 17.2 Å². The molecule has 2 aromatic rings. The second-order valence-corrected chi connectivity index (χ2v) is 4.32. The topological polar surface area (TPSA) is 140 Å². The third-order valence-electron chi connectivity index (χ3n) is 2.68. The normalized spacial score (nSPS) is 9.83. The van der Waals surface area contributed by atoms with Crippen LogP contribution in [-0.4, -0.2) is 33.8 Å². The van der Waals surface area contributed by atoms with Crippen molar-refractivity contribution in [2.75, 3.05) is 0 Å². The summed E-state index contributed by atoms with van der Waals surface area (Å²) in [5.74, 6) is -0.185. The molecule has 9 heteroatoms. The van der Waals surface area contributed by atoms with Gasteiger partial charge >= 0.3 is 18.5 Å². The number of carboxylic acid groups (broad SMARTS) is 3. The van der Waals surface area contributed by atoms with E-state index in [1.54, 1.807) is 0 Å². The summed E-state index contributed by atoms with van der Waals surface area (Å²) in [4.78, 5) is 31.7. The zero-order valence-corrected chi connectivity index (χ0v) is 11.8. The third kappa shape index (κ3) is 4.63. The van der Waals surface area contributed by atoms with Crippen molar-refractivity contribution in [1.29, 1.82) is 0 Å². The van der Waals surface area contributed by atoms with Crippen LogP contribution in [-0.2, 0) is 0 Å². The summed E-state index contributed by atoms with van der Waals surface area (Å²) in [7, 11) is 0. The van der Waals surface area contributed by atoms with E-state index in [1.165, 1.54) is 36.4 Å². The van der Waals surface area contributed by atoms with Crippen molar-refractivity contribution in [3.05, 3.63) is 42.5 Å². The molecular formula is C15H10O9. The van der Waals surface area contributed by atoms with Crippen LogP contribution in [0.3, 0.4) is 0 Å². The lowest BCUT2D eigenvalue weighted by atomic mass is 10.0. The molecule has 2 rings (SSSR count). The highest BCUT2D eigenvalue weighted by Crippen LogP contribution is 2.31. The van der Waals surface area contributed by atoms with Gasteiger partial charge in [0.2, 0.25) is 0 Å². The van der Waals surface area contributed by atoms with Crippen LogP contribution >= 0.6 is 0 Å². The molecule has 0 aliphatic rings. The maximum atomic E-state index is 10.6. The minimum atomic E-state index is -1.57. The van der Waals surface area contributed by atoms with Gasteiger partial charge in [-0.1, -0.05) is 12.1 Å². The molecule has 0 aliphatic heterocycles. The summed E-state index contributed by atoms with van der Waals surface area (Å²) in [6.45, 7) is 0. The molecule has 0 aliphatic carbocycles. The predicted octanol–water partition coefficient (Wildman–Crippen LogP) is 3.52. The van der Waals surface area contributed by atoms with Crippen LogP contribution in [0.25, 0.3) is 11.1 Å². The van der Waals surface area contributed by atoms with Gasteiger partial charge in [-0.2, -0.15) is 0 Å². The van der Waals surface area contributed by atoms with E-state index in [-0.39, 0.29) is 17.2 Å². The fourth-order valence-electron chi connectivity index (χ4n) is 1.87. The Labute approximate surface area is 134 Å². The highest BCUT2D eigenvalue weighted by molar-refractivity contribution is 5.72. The Morgan fingerprint density at radius 2 is 1.00 bits per heavy atom. The Morgan fingerprint density at radius 1 is 0.583 bits per heavy atom. The quantitative estimate of drug-likeness (QED) is 0.565. The van der Waals surface area contributed by atoms with Crippen molar-refractivity contribution < 1.29 is 43.9 Å². The van der Waals surface area contributed by atoms with E-state index >= 15 is 0 Å². The highest BCUT2D eigenvalue weighted by atomic mass is 16.7. The number of hydrogen-bond donors (Lipinski definition) is 3. The first-order chi connectivity index (χ1) is 11.3. The van der Waals surface area contributed by atoms with Gasteiger partial charge in [0.05, 0.1) is 0 Å². The molecule has 124 valence electrons. The standard InChI is InChI=1S/C15H10O9/c16-13(17)22-10-3-1-8(2-4-10)9-5-11(23-14(18)19)7-12(6-9)24-15(20)21/h1-7H,(H,16,17)(H,18,19)(H,20,21). The highest BCUT2D eigenvalue weighted by Gasteiger charge is 2.11. The molecule has 0 atom stereocenters. The van der Waals surface area contributed by atoms with Crippen molar-refractivity contribution in [1.82, 2.24) is 0 Å². The maximum absolute atomic E-state index is 10.6. The SMILES string of the molecule is O=C(O)Oc1ccc(-c2cc(OC(=O)O)cc(OC(=O)O)c2)cc1. The van der Waals surface area contributed by atoms with Gasteiger partial charge in [-0.15, -0.1) is 0 Å². The van der Waals surface area contributed by atoms with Gasteiger partial charge in [0.15, 0.2) is 0 Å². The molecule has 0 radical (unpaired) electrons. The Hall–Kier alpha value is -3.75. The molecular weight excluding hydrogens is 324 g/mol. The van der Waals surface area contributed by atoms with Gasteiger partial charge in [0.25, 0.3) is 0 Å². The molecule has 0 amide bonds. The van der Waals surface area contributed by atoms with E-state index < -0.39 is 18.5 Å². The number of hydrogen-bond acceptors (Lipinski definition) is 6. The minimum Gasteiger partial charge on any atom is -0.449 e. The first kappa shape index (κ1) is 16.6. The molecule has 0 aromatic heterocycles. The number of rotatable bonds is 4. The van der Waals surface area contributed by atoms with Crippen molar-refractivity contribution >= 4 is 18.5 Å². The minimum absolute atomic E-state index is 0.0891. The van der Waals surface area contributed by atoms with Crippen molar-refractivity contribution in [3.8, 4) is 28.4 Å². The summed E-state index contributed by atoms with van der Waals surface area (Å²) in [5, 5.41) is 25.9. The molecule has 0 heterocycles. The summed E-state index contributed by atoms with van der Waals surface area (Å²) in [6.07, 6.45) is -4.60. The fraction of sp³-hybridized carbons (Fsp3) is 0. The summed E-state index contributed by atoms with van der Waals surface area (Å²) < 4.78 is 13.5. The average molecular weight is 334 g/mol. The molecule has 0 spiro atoms. The molecule has 9 nitrogen and oxygen atoms in total. The molecule has 0 bridgehead atoms. The smallest absolute Gasteiger partial charge is 0.449 e. The molecule has 2 aromatic carbocycles. The maximum Gasteiger partial charge on any atom is 0.511 e.